The zero-order valence-electron chi connectivity index (χ0n) is 3.92. The third kappa shape index (κ3) is 4.94. The number of nitrogens with zero attached hydrogens (tertiary/aromatic N) is 1. The van der Waals surface area contributed by atoms with Gasteiger partial charge in [-0.1, -0.05) is 5.16 Å². The molecule has 4 nitrogen and oxygen atoms in total. The standard InChI is InChI=1S/C3H6N2O2/c1-7-5-2-3(4)6/h2H,1H3,(H2,4,6)/b5-2+. The summed E-state index contributed by atoms with van der Waals surface area (Å²) in [6.45, 7) is 0. The van der Waals surface area contributed by atoms with E-state index in [0.29, 0.717) is 0 Å². The molecule has 0 aliphatic heterocycles. The highest BCUT2D eigenvalue weighted by molar-refractivity contribution is 6.25. The van der Waals surface area contributed by atoms with Crippen molar-refractivity contribution in [3.63, 3.8) is 0 Å². The summed E-state index contributed by atoms with van der Waals surface area (Å²) < 4.78 is 0. The van der Waals surface area contributed by atoms with Crippen LogP contribution >= 0.6 is 0 Å². The minimum atomic E-state index is -0.609. The molecule has 0 aliphatic rings. The first-order valence-electron chi connectivity index (χ1n) is 1.63. The Kier molecular flexibility index (Phi) is 2.67. The monoisotopic (exact) mass is 102 g/mol. The van der Waals surface area contributed by atoms with Crippen molar-refractivity contribution >= 4 is 12.1 Å². The van der Waals surface area contributed by atoms with Gasteiger partial charge in [-0.15, -0.1) is 0 Å². The quantitative estimate of drug-likeness (QED) is 0.363. The smallest absolute Gasteiger partial charge is 0.263 e. The number of primary amides is 1. The second kappa shape index (κ2) is 3.14. The molecular formula is C3H6N2O2. The largest absolute Gasteiger partial charge is 0.399 e. The summed E-state index contributed by atoms with van der Waals surface area (Å²) in [4.78, 5) is 13.9. The summed E-state index contributed by atoms with van der Waals surface area (Å²) in [6.07, 6.45) is 0.889. The zero-order valence-corrected chi connectivity index (χ0v) is 3.92. The molecule has 0 aromatic carbocycles. The predicted octanol–water partition coefficient (Wildman–Crippen LogP) is -0.896. The normalized spacial score (nSPS) is 9.29. The summed E-state index contributed by atoms with van der Waals surface area (Å²) in [5.74, 6) is -0.609. The van der Waals surface area contributed by atoms with Crippen LogP contribution in [0.3, 0.4) is 0 Å². The van der Waals surface area contributed by atoms with Crippen molar-refractivity contribution in [1.29, 1.82) is 0 Å². The number of rotatable bonds is 2. The summed E-state index contributed by atoms with van der Waals surface area (Å²) in [7, 11) is 1.33. The number of nitrogens with two attached hydrogens (primary N) is 1. The molecule has 0 aliphatic carbocycles. The Balaban J connectivity index is 3.26. The minimum absolute atomic E-state index is 0.609. The fourth-order valence-electron chi connectivity index (χ4n) is 0.105. The first-order valence-corrected chi connectivity index (χ1v) is 1.63. The summed E-state index contributed by atoms with van der Waals surface area (Å²) >= 11 is 0. The number of oxime groups is 1. The van der Waals surface area contributed by atoms with Crippen molar-refractivity contribution in [2.75, 3.05) is 7.11 Å². The van der Waals surface area contributed by atoms with Crippen LogP contribution in [-0.2, 0) is 9.63 Å². The Labute approximate surface area is 40.9 Å². The second-order valence-electron chi connectivity index (χ2n) is 0.819. The second-order valence-corrected chi connectivity index (χ2v) is 0.819. The lowest BCUT2D eigenvalue weighted by Gasteiger charge is -1.79. The molecule has 0 aromatic heterocycles. The van der Waals surface area contributed by atoms with Gasteiger partial charge < -0.3 is 10.6 Å². The molecule has 0 heterocycles. The van der Waals surface area contributed by atoms with Gasteiger partial charge in [0.1, 0.15) is 13.3 Å². The molecule has 1 amide bonds. The van der Waals surface area contributed by atoms with Gasteiger partial charge in [-0.25, -0.2) is 0 Å². The van der Waals surface area contributed by atoms with Crippen LogP contribution in [-0.4, -0.2) is 19.2 Å². The number of hydrogen-bond donors (Lipinski definition) is 1. The van der Waals surface area contributed by atoms with E-state index < -0.39 is 5.91 Å². The molecular weight excluding hydrogens is 96.0 g/mol. The Morgan fingerprint density at radius 3 is 2.71 bits per heavy atom. The van der Waals surface area contributed by atoms with E-state index in [9.17, 15) is 4.79 Å². The Hall–Kier alpha value is -1.06. The molecule has 0 saturated carbocycles. The van der Waals surface area contributed by atoms with Crippen LogP contribution in [0.15, 0.2) is 5.16 Å². The van der Waals surface area contributed by atoms with Crippen LogP contribution in [0.25, 0.3) is 0 Å². The van der Waals surface area contributed by atoms with Crippen molar-refractivity contribution in [3.8, 4) is 0 Å². The van der Waals surface area contributed by atoms with E-state index in [2.05, 4.69) is 15.7 Å². The van der Waals surface area contributed by atoms with E-state index in [1.807, 2.05) is 0 Å². The SMILES string of the molecule is CO/N=C/C(N)=O. The van der Waals surface area contributed by atoms with Gasteiger partial charge in [-0.2, -0.15) is 0 Å². The van der Waals surface area contributed by atoms with Crippen molar-refractivity contribution in [2.24, 2.45) is 10.9 Å². The lowest BCUT2D eigenvalue weighted by Crippen LogP contribution is -2.11. The molecule has 4 heteroatoms. The molecule has 0 saturated heterocycles. The zero-order chi connectivity index (χ0) is 5.70. The van der Waals surface area contributed by atoms with Gasteiger partial charge >= 0.3 is 0 Å². The Bertz CT molecular complexity index is 88.9. The molecule has 0 bridgehead atoms. The van der Waals surface area contributed by atoms with Gasteiger partial charge in [0, 0.05) is 0 Å². The Morgan fingerprint density at radius 1 is 2.00 bits per heavy atom. The van der Waals surface area contributed by atoms with Gasteiger partial charge in [0.2, 0.25) is 0 Å². The van der Waals surface area contributed by atoms with Crippen LogP contribution in [0.1, 0.15) is 0 Å². The lowest BCUT2D eigenvalue weighted by atomic mass is 10.7. The highest BCUT2D eigenvalue weighted by atomic mass is 16.6. The molecule has 0 fully saturated rings. The van der Waals surface area contributed by atoms with Gasteiger partial charge in [0.25, 0.3) is 5.91 Å². The molecule has 0 radical (unpaired) electrons. The fraction of sp³-hybridized carbons (Fsp3) is 0.333. The minimum Gasteiger partial charge on any atom is -0.399 e. The molecule has 40 valence electrons. The summed E-state index contributed by atoms with van der Waals surface area (Å²) in [5.41, 5.74) is 4.61. The molecule has 0 unspecified atom stereocenters. The van der Waals surface area contributed by atoms with Crippen molar-refractivity contribution in [2.45, 2.75) is 0 Å². The fourth-order valence-corrected chi connectivity index (χ4v) is 0.105. The summed E-state index contributed by atoms with van der Waals surface area (Å²) in [5, 5.41) is 3.07. The maximum Gasteiger partial charge on any atom is 0.263 e. The predicted molar refractivity (Wildman–Crippen MR) is 24.7 cm³/mol. The van der Waals surface area contributed by atoms with Gasteiger partial charge in [-0.05, 0) is 0 Å². The van der Waals surface area contributed by atoms with Gasteiger partial charge in [0.15, 0.2) is 0 Å². The lowest BCUT2D eigenvalue weighted by molar-refractivity contribution is -0.111. The first-order chi connectivity index (χ1) is 3.27. The van der Waals surface area contributed by atoms with Crippen molar-refractivity contribution in [3.05, 3.63) is 0 Å². The maximum absolute atomic E-state index is 9.75. The van der Waals surface area contributed by atoms with E-state index >= 15 is 0 Å². The Morgan fingerprint density at radius 2 is 2.57 bits per heavy atom. The van der Waals surface area contributed by atoms with E-state index in [1.165, 1.54) is 7.11 Å². The van der Waals surface area contributed by atoms with Crippen molar-refractivity contribution in [1.82, 2.24) is 0 Å². The van der Waals surface area contributed by atoms with Crippen LogP contribution in [0, 0.1) is 0 Å². The van der Waals surface area contributed by atoms with Gasteiger partial charge in [-0.3, -0.25) is 4.79 Å². The summed E-state index contributed by atoms with van der Waals surface area (Å²) in [6, 6.07) is 0. The van der Waals surface area contributed by atoms with E-state index in [-0.39, 0.29) is 0 Å². The third-order valence-electron chi connectivity index (χ3n) is 0.285. The number of carbonyl (C=O) groups is 1. The van der Waals surface area contributed by atoms with Crippen LogP contribution in [0.5, 0.6) is 0 Å². The number of hydrogen-bond acceptors (Lipinski definition) is 3. The molecule has 0 atom stereocenters. The third-order valence-corrected chi connectivity index (χ3v) is 0.285. The molecule has 7 heavy (non-hydrogen) atoms. The molecule has 0 rings (SSSR count). The van der Waals surface area contributed by atoms with Crippen LogP contribution in [0.2, 0.25) is 0 Å². The number of carbonyl (C=O) groups excluding carboxylic acids is 1. The molecule has 0 aromatic rings. The maximum atomic E-state index is 9.75. The average Bonchev–Trinajstić information content (AvgIpc) is 1.61. The molecule has 0 spiro atoms. The topological polar surface area (TPSA) is 64.7 Å². The first kappa shape index (κ1) is 5.94. The van der Waals surface area contributed by atoms with Crippen LogP contribution in [0.4, 0.5) is 0 Å². The van der Waals surface area contributed by atoms with Gasteiger partial charge in [0.05, 0.1) is 0 Å². The van der Waals surface area contributed by atoms with E-state index in [4.69, 9.17) is 0 Å². The van der Waals surface area contributed by atoms with E-state index in [1.54, 1.807) is 0 Å². The average molecular weight is 102 g/mol. The van der Waals surface area contributed by atoms with Crippen molar-refractivity contribution < 1.29 is 9.63 Å². The van der Waals surface area contributed by atoms with Crippen LogP contribution < -0.4 is 5.73 Å². The highest BCUT2D eigenvalue weighted by Gasteiger charge is 1.78. The highest BCUT2D eigenvalue weighted by Crippen LogP contribution is 1.59. The molecule has 2 N–H and O–H groups in total. The number of amides is 1. The van der Waals surface area contributed by atoms with E-state index in [0.717, 1.165) is 6.21 Å².